The number of rotatable bonds is 7. The average molecular weight is 364 g/mol. The van der Waals surface area contributed by atoms with Crippen molar-refractivity contribution < 1.29 is 9.25 Å². The highest BCUT2D eigenvalue weighted by Gasteiger charge is 2.19. The molecular weight excluding hydrogens is 336 g/mol. The van der Waals surface area contributed by atoms with Crippen molar-refractivity contribution in [1.82, 2.24) is 20.1 Å². The van der Waals surface area contributed by atoms with E-state index in [9.17, 15) is 0 Å². The van der Waals surface area contributed by atoms with Gasteiger partial charge in [0.25, 0.3) is 0 Å². The van der Waals surface area contributed by atoms with E-state index in [-0.39, 0.29) is 5.92 Å². The topological polar surface area (TPSA) is 59.3 Å². The molecule has 6 nitrogen and oxygen atoms in total. The van der Waals surface area contributed by atoms with Crippen LogP contribution in [0.15, 0.2) is 55.5 Å². The molecule has 0 fully saturated rings. The van der Waals surface area contributed by atoms with Crippen molar-refractivity contribution in [1.29, 1.82) is 0 Å². The molecule has 2 atom stereocenters. The van der Waals surface area contributed by atoms with E-state index >= 15 is 0 Å². The molecule has 3 rings (SSSR count). The van der Waals surface area contributed by atoms with Gasteiger partial charge in [0, 0.05) is 29.8 Å². The molecule has 6 heteroatoms. The van der Waals surface area contributed by atoms with Crippen LogP contribution in [0.3, 0.4) is 0 Å². The monoisotopic (exact) mass is 364 g/mol. The Kier molecular flexibility index (Phi) is 6.16. The van der Waals surface area contributed by atoms with Crippen molar-refractivity contribution in [3.05, 3.63) is 72.6 Å². The van der Waals surface area contributed by atoms with Gasteiger partial charge in [0.15, 0.2) is 31.7 Å². The van der Waals surface area contributed by atoms with Gasteiger partial charge < -0.3 is 0 Å². The zero-order chi connectivity index (χ0) is 19.2. The lowest BCUT2D eigenvalue weighted by atomic mass is 10.0. The molecule has 2 unspecified atom stereocenters. The summed E-state index contributed by atoms with van der Waals surface area (Å²) >= 11 is 0. The molecule has 0 radical (unpaired) electrons. The third-order valence-corrected chi connectivity index (χ3v) is 4.69. The van der Waals surface area contributed by atoms with Crippen LogP contribution in [0.25, 0.3) is 0 Å². The maximum Gasteiger partial charge on any atom is 0.200 e. The number of hydrogen-bond donors (Lipinski definition) is 0. The Morgan fingerprint density at radius 1 is 0.852 bits per heavy atom. The lowest BCUT2D eigenvalue weighted by molar-refractivity contribution is -0.756. The molecule has 0 saturated carbocycles. The van der Waals surface area contributed by atoms with Crippen LogP contribution in [0, 0.1) is 0 Å². The number of nitrogens with zero attached hydrogens (tertiary/aromatic N) is 6. The van der Waals surface area contributed by atoms with Gasteiger partial charge in [-0.05, 0) is 24.2 Å². The minimum absolute atomic E-state index is 0.206. The summed E-state index contributed by atoms with van der Waals surface area (Å²) in [6.45, 7) is 10.4. The summed E-state index contributed by atoms with van der Waals surface area (Å²) in [6, 6.07) is 3.93. The van der Waals surface area contributed by atoms with Gasteiger partial charge in [0.2, 0.25) is 0 Å². The Bertz CT molecular complexity index is 865. The Balaban J connectivity index is 1.70. The summed E-state index contributed by atoms with van der Waals surface area (Å²) in [7, 11) is 0. The maximum absolute atomic E-state index is 4.48. The van der Waals surface area contributed by atoms with Crippen molar-refractivity contribution in [3.63, 3.8) is 0 Å². The van der Waals surface area contributed by atoms with Crippen molar-refractivity contribution in [3.8, 4) is 0 Å². The van der Waals surface area contributed by atoms with Crippen molar-refractivity contribution in [2.75, 3.05) is 0 Å². The summed E-state index contributed by atoms with van der Waals surface area (Å²) in [4.78, 5) is 13.1. The summed E-state index contributed by atoms with van der Waals surface area (Å²) in [6.07, 6.45) is 13.6. The molecule has 3 heterocycles. The average Bonchev–Trinajstić information content (AvgIpc) is 2.69. The fourth-order valence-corrected chi connectivity index (χ4v) is 3.06. The highest BCUT2D eigenvalue weighted by molar-refractivity contribution is 5.08. The van der Waals surface area contributed by atoms with Gasteiger partial charge in [-0.2, -0.15) is 0 Å². The van der Waals surface area contributed by atoms with E-state index in [2.05, 4.69) is 70.8 Å². The minimum Gasteiger partial charge on any atom is -0.249 e. The predicted molar refractivity (Wildman–Crippen MR) is 102 cm³/mol. The smallest absolute Gasteiger partial charge is 0.200 e. The van der Waals surface area contributed by atoms with Gasteiger partial charge in [0.1, 0.15) is 11.5 Å². The first-order valence-electron chi connectivity index (χ1n) is 9.50. The summed E-state index contributed by atoms with van der Waals surface area (Å²) in [5.41, 5.74) is 2.38. The van der Waals surface area contributed by atoms with Gasteiger partial charge in [-0.15, -0.1) is 0 Å². The molecule has 0 aliphatic heterocycles. The third-order valence-electron chi connectivity index (χ3n) is 4.69. The predicted octanol–water partition coefficient (Wildman–Crippen LogP) is 2.57. The van der Waals surface area contributed by atoms with E-state index in [0.717, 1.165) is 24.6 Å². The molecule has 0 spiro atoms. The molecule has 0 aliphatic rings. The Morgan fingerprint density at radius 2 is 1.63 bits per heavy atom. The minimum atomic E-state index is 0.206. The molecule has 0 saturated heterocycles. The molecule has 0 amide bonds. The molecule has 0 N–H and O–H groups in total. The summed E-state index contributed by atoms with van der Waals surface area (Å²) in [5, 5.41) is 4.48. The van der Waals surface area contributed by atoms with Crippen LogP contribution < -0.4 is 9.25 Å². The Morgan fingerprint density at radius 3 is 2.37 bits per heavy atom. The lowest BCUT2D eigenvalue weighted by Crippen LogP contribution is -2.41. The largest absolute Gasteiger partial charge is 0.249 e. The molecule has 27 heavy (non-hydrogen) atoms. The first kappa shape index (κ1) is 19.0. The fourth-order valence-electron chi connectivity index (χ4n) is 3.06. The maximum atomic E-state index is 4.48. The molecule has 3 aromatic rings. The normalized spacial score (nSPS) is 13.5. The molecule has 0 aliphatic carbocycles. The lowest BCUT2D eigenvalue weighted by Gasteiger charge is -2.09. The van der Waals surface area contributed by atoms with Gasteiger partial charge in [0.05, 0.1) is 18.3 Å². The molecular formula is C21H28N6+2. The highest BCUT2D eigenvalue weighted by Crippen LogP contribution is 2.14. The zero-order valence-electron chi connectivity index (χ0n) is 16.5. The van der Waals surface area contributed by atoms with Crippen molar-refractivity contribution in [2.45, 2.75) is 58.5 Å². The van der Waals surface area contributed by atoms with Gasteiger partial charge in [-0.1, -0.05) is 25.5 Å². The van der Waals surface area contributed by atoms with E-state index in [1.807, 2.05) is 29.3 Å². The number of aromatic nitrogens is 6. The molecule has 0 aromatic carbocycles. The Hall–Kier alpha value is -2.76. The van der Waals surface area contributed by atoms with Gasteiger partial charge in [-0.25, -0.2) is 19.5 Å². The zero-order valence-corrected chi connectivity index (χ0v) is 16.5. The van der Waals surface area contributed by atoms with E-state index in [1.54, 1.807) is 12.4 Å². The van der Waals surface area contributed by atoms with Crippen LogP contribution in [0.5, 0.6) is 0 Å². The van der Waals surface area contributed by atoms with E-state index in [0.29, 0.717) is 11.8 Å². The second-order valence-corrected chi connectivity index (χ2v) is 7.42. The first-order valence-corrected chi connectivity index (χ1v) is 9.50. The first-order chi connectivity index (χ1) is 13.0. The van der Waals surface area contributed by atoms with Crippen LogP contribution in [-0.4, -0.2) is 20.1 Å². The second kappa shape index (κ2) is 8.75. The van der Waals surface area contributed by atoms with Crippen LogP contribution in [0.4, 0.5) is 0 Å². The second-order valence-electron chi connectivity index (χ2n) is 7.42. The number of hydrogen-bond acceptors (Lipinski definition) is 4. The van der Waals surface area contributed by atoms with Crippen LogP contribution in [0.1, 0.15) is 62.5 Å². The van der Waals surface area contributed by atoms with Crippen molar-refractivity contribution >= 4 is 0 Å². The van der Waals surface area contributed by atoms with Gasteiger partial charge >= 0.3 is 0 Å². The fraction of sp³-hybridized carbons (Fsp3) is 0.429. The quantitative estimate of drug-likeness (QED) is 0.605. The third kappa shape index (κ3) is 5.12. The Labute approximate surface area is 161 Å². The molecule has 0 bridgehead atoms. The standard InChI is InChI=1S/C21H28N6/c1-16(2)20-15-26(11-10-22-20)12-17(3)19-6-9-25-27(14-19)13-18(4)21-23-7-5-8-24-21/h5-11,14-18H,12-13H2,1-4H3/q+2. The van der Waals surface area contributed by atoms with Crippen molar-refractivity contribution in [2.24, 2.45) is 0 Å². The highest BCUT2D eigenvalue weighted by atomic mass is 15.3. The summed E-state index contributed by atoms with van der Waals surface area (Å²) < 4.78 is 4.21. The SMILES string of the molecule is CC(C)c1c[n+](CC(C)c2ccn[n+](CC(C)c3ncccn3)c2)ccn1. The van der Waals surface area contributed by atoms with Crippen LogP contribution in [-0.2, 0) is 13.1 Å². The van der Waals surface area contributed by atoms with Crippen LogP contribution >= 0.6 is 0 Å². The van der Waals surface area contributed by atoms with Crippen LogP contribution in [0.2, 0.25) is 0 Å². The summed E-state index contributed by atoms with van der Waals surface area (Å²) in [5.74, 6) is 1.85. The molecule has 140 valence electrons. The molecule has 3 aromatic heterocycles. The van der Waals surface area contributed by atoms with E-state index < -0.39 is 0 Å². The van der Waals surface area contributed by atoms with E-state index in [1.165, 1.54) is 5.56 Å². The van der Waals surface area contributed by atoms with E-state index in [4.69, 9.17) is 0 Å². The van der Waals surface area contributed by atoms with Gasteiger partial charge in [-0.3, -0.25) is 0 Å².